The number of rotatable bonds is 9. The molecule has 0 heterocycles. The van der Waals surface area contributed by atoms with Crippen LogP contribution in [0.2, 0.25) is 0 Å². The van der Waals surface area contributed by atoms with E-state index in [-0.39, 0.29) is 17.5 Å². The second-order valence-electron chi connectivity index (χ2n) is 6.93. The molecule has 0 aromatic heterocycles. The van der Waals surface area contributed by atoms with Crippen molar-refractivity contribution in [1.82, 2.24) is 10.2 Å². The highest BCUT2D eigenvalue weighted by Gasteiger charge is 2.24. The molecule has 0 bridgehead atoms. The smallest absolute Gasteiger partial charge is 0.222 e. The molecule has 0 rings (SSSR count). The topological polar surface area (TPSA) is 58.4 Å². The Labute approximate surface area is 125 Å². The summed E-state index contributed by atoms with van der Waals surface area (Å²) in [6.07, 6.45) is 4.10. The first kappa shape index (κ1) is 19.4. The van der Waals surface area contributed by atoms with Gasteiger partial charge in [0.05, 0.1) is 0 Å². The van der Waals surface area contributed by atoms with E-state index < -0.39 is 0 Å². The van der Waals surface area contributed by atoms with Crippen LogP contribution in [0.15, 0.2) is 0 Å². The average Bonchev–Trinajstić information content (AvgIpc) is 2.29. The number of amides is 1. The third kappa shape index (κ3) is 8.54. The second-order valence-corrected chi connectivity index (χ2v) is 6.93. The summed E-state index contributed by atoms with van der Waals surface area (Å²) in [6.45, 7) is 14.1. The minimum atomic E-state index is -0.179. The molecule has 0 aliphatic heterocycles. The number of carbonyl (C=O) groups is 1. The van der Waals surface area contributed by atoms with E-state index in [4.69, 9.17) is 5.73 Å². The second kappa shape index (κ2) is 9.35. The third-order valence-electron chi connectivity index (χ3n) is 3.36. The van der Waals surface area contributed by atoms with E-state index in [1.807, 2.05) is 20.8 Å². The van der Waals surface area contributed by atoms with Gasteiger partial charge in [-0.3, -0.25) is 9.69 Å². The standard InChI is InChI=1S/C16H35N3O/c1-7-8-9-10-19(13(2)3)14(12-17)11-15(20)18-16(4,5)6/h13-14H,7-12,17H2,1-6H3,(H,18,20). The normalized spacial score (nSPS) is 13.8. The van der Waals surface area contributed by atoms with Gasteiger partial charge in [0.25, 0.3) is 0 Å². The lowest BCUT2D eigenvalue weighted by atomic mass is 10.1. The molecule has 0 radical (unpaired) electrons. The summed E-state index contributed by atoms with van der Waals surface area (Å²) in [4.78, 5) is 14.5. The molecular weight excluding hydrogens is 250 g/mol. The molecule has 0 aliphatic rings. The first-order valence-electron chi connectivity index (χ1n) is 7.98. The Bertz CT molecular complexity index is 271. The van der Waals surface area contributed by atoms with Crippen molar-refractivity contribution in [2.45, 2.75) is 84.8 Å². The highest BCUT2D eigenvalue weighted by atomic mass is 16.1. The molecule has 4 heteroatoms. The molecule has 20 heavy (non-hydrogen) atoms. The first-order chi connectivity index (χ1) is 9.21. The molecule has 0 fully saturated rings. The molecule has 3 N–H and O–H groups in total. The molecule has 0 aliphatic carbocycles. The Hall–Kier alpha value is -0.610. The Balaban J connectivity index is 4.53. The average molecular weight is 285 g/mol. The summed E-state index contributed by atoms with van der Waals surface area (Å²) in [5.74, 6) is 0.0918. The van der Waals surface area contributed by atoms with E-state index in [2.05, 4.69) is 31.0 Å². The third-order valence-corrected chi connectivity index (χ3v) is 3.36. The van der Waals surface area contributed by atoms with E-state index in [1.54, 1.807) is 0 Å². The summed E-state index contributed by atoms with van der Waals surface area (Å²) >= 11 is 0. The van der Waals surface area contributed by atoms with Crippen LogP contribution in [0, 0.1) is 0 Å². The molecular formula is C16H35N3O. The van der Waals surface area contributed by atoms with Crippen LogP contribution in [0.25, 0.3) is 0 Å². The van der Waals surface area contributed by atoms with Crippen molar-refractivity contribution >= 4 is 5.91 Å². The zero-order chi connectivity index (χ0) is 15.8. The number of unbranched alkanes of at least 4 members (excludes halogenated alkanes) is 2. The van der Waals surface area contributed by atoms with Crippen molar-refractivity contribution < 1.29 is 4.79 Å². The maximum Gasteiger partial charge on any atom is 0.222 e. The number of carbonyl (C=O) groups excluding carboxylic acids is 1. The molecule has 1 atom stereocenters. The molecule has 0 spiro atoms. The SMILES string of the molecule is CCCCCN(C(C)C)C(CN)CC(=O)NC(C)(C)C. The fourth-order valence-electron chi connectivity index (χ4n) is 2.43. The Morgan fingerprint density at radius 2 is 1.85 bits per heavy atom. The van der Waals surface area contributed by atoms with Crippen LogP contribution >= 0.6 is 0 Å². The molecule has 1 amide bonds. The van der Waals surface area contributed by atoms with Crippen LogP contribution in [-0.4, -0.2) is 41.5 Å². The zero-order valence-corrected chi connectivity index (χ0v) is 14.3. The van der Waals surface area contributed by atoms with Gasteiger partial charge in [-0.15, -0.1) is 0 Å². The van der Waals surface area contributed by atoms with Gasteiger partial charge < -0.3 is 11.1 Å². The molecule has 0 aromatic carbocycles. The van der Waals surface area contributed by atoms with Gasteiger partial charge >= 0.3 is 0 Å². The fraction of sp³-hybridized carbons (Fsp3) is 0.938. The quantitative estimate of drug-likeness (QED) is 0.640. The number of nitrogens with two attached hydrogens (primary N) is 1. The molecule has 1 unspecified atom stereocenters. The number of hydrogen-bond acceptors (Lipinski definition) is 3. The summed E-state index contributed by atoms with van der Waals surface area (Å²) < 4.78 is 0. The van der Waals surface area contributed by atoms with Gasteiger partial charge in [0.2, 0.25) is 5.91 Å². The molecule has 0 saturated carbocycles. The predicted molar refractivity (Wildman–Crippen MR) is 86.7 cm³/mol. The number of nitrogens with one attached hydrogen (secondary N) is 1. The summed E-state index contributed by atoms with van der Waals surface area (Å²) in [5.41, 5.74) is 5.73. The van der Waals surface area contributed by atoms with Crippen molar-refractivity contribution in [3.8, 4) is 0 Å². The molecule has 120 valence electrons. The van der Waals surface area contributed by atoms with Gasteiger partial charge in [-0.2, -0.15) is 0 Å². The van der Waals surface area contributed by atoms with E-state index in [0.717, 1.165) is 6.54 Å². The summed E-state index contributed by atoms with van der Waals surface area (Å²) in [7, 11) is 0. The summed E-state index contributed by atoms with van der Waals surface area (Å²) in [5, 5.41) is 3.02. The Kier molecular flexibility index (Phi) is 9.06. The van der Waals surface area contributed by atoms with Gasteiger partial charge in [0.1, 0.15) is 0 Å². The van der Waals surface area contributed by atoms with E-state index >= 15 is 0 Å². The largest absolute Gasteiger partial charge is 0.351 e. The molecule has 4 nitrogen and oxygen atoms in total. The number of hydrogen-bond donors (Lipinski definition) is 2. The fourth-order valence-corrected chi connectivity index (χ4v) is 2.43. The van der Waals surface area contributed by atoms with Gasteiger partial charge in [-0.05, 0) is 47.6 Å². The molecule has 0 aromatic rings. The maximum atomic E-state index is 12.1. The summed E-state index contributed by atoms with van der Waals surface area (Å²) in [6, 6.07) is 0.553. The van der Waals surface area contributed by atoms with E-state index in [0.29, 0.717) is 19.0 Å². The highest BCUT2D eigenvalue weighted by molar-refractivity contribution is 5.77. The van der Waals surface area contributed by atoms with Crippen LogP contribution in [0.1, 0.15) is 67.2 Å². The van der Waals surface area contributed by atoms with E-state index in [1.165, 1.54) is 19.3 Å². The van der Waals surface area contributed by atoms with Crippen molar-refractivity contribution in [2.24, 2.45) is 5.73 Å². The minimum absolute atomic E-state index is 0.0918. The molecule has 0 saturated heterocycles. The lowest BCUT2D eigenvalue weighted by molar-refractivity contribution is -0.123. The van der Waals surface area contributed by atoms with Gasteiger partial charge in [0.15, 0.2) is 0 Å². The van der Waals surface area contributed by atoms with Crippen molar-refractivity contribution in [2.75, 3.05) is 13.1 Å². The van der Waals surface area contributed by atoms with Crippen LogP contribution in [0.4, 0.5) is 0 Å². The van der Waals surface area contributed by atoms with Gasteiger partial charge in [-0.25, -0.2) is 0 Å². The van der Waals surface area contributed by atoms with Crippen molar-refractivity contribution in [1.29, 1.82) is 0 Å². The van der Waals surface area contributed by atoms with Crippen LogP contribution in [0.5, 0.6) is 0 Å². The minimum Gasteiger partial charge on any atom is -0.351 e. The van der Waals surface area contributed by atoms with Crippen LogP contribution < -0.4 is 11.1 Å². The van der Waals surface area contributed by atoms with Crippen LogP contribution in [0.3, 0.4) is 0 Å². The lowest BCUT2D eigenvalue weighted by Gasteiger charge is -2.34. The first-order valence-corrected chi connectivity index (χ1v) is 7.98. The highest BCUT2D eigenvalue weighted by Crippen LogP contribution is 2.12. The monoisotopic (exact) mass is 285 g/mol. The van der Waals surface area contributed by atoms with Gasteiger partial charge in [0, 0.05) is 30.6 Å². The Morgan fingerprint density at radius 3 is 2.25 bits per heavy atom. The predicted octanol–water partition coefficient (Wildman–Crippen LogP) is 2.52. The van der Waals surface area contributed by atoms with E-state index in [9.17, 15) is 4.79 Å². The van der Waals surface area contributed by atoms with Crippen molar-refractivity contribution in [3.63, 3.8) is 0 Å². The van der Waals surface area contributed by atoms with Gasteiger partial charge in [-0.1, -0.05) is 19.8 Å². The lowest BCUT2D eigenvalue weighted by Crippen LogP contribution is -2.49. The van der Waals surface area contributed by atoms with Crippen LogP contribution in [-0.2, 0) is 4.79 Å². The number of nitrogens with zero attached hydrogens (tertiary/aromatic N) is 1. The zero-order valence-electron chi connectivity index (χ0n) is 14.3. The maximum absolute atomic E-state index is 12.1. The Morgan fingerprint density at radius 1 is 1.25 bits per heavy atom. The van der Waals surface area contributed by atoms with Crippen molar-refractivity contribution in [3.05, 3.63) is 0 Å².